The highest BCUT2D eigenvalue weighted by Crippen LogP contribution is 2.23. The fraction of sp³-hybridized carbons (Fsp3) is 0.357. The highest BCUT2D eigenvalue weighted by atomic mass is 32.2. The maximum absolute atomic E-state index is 11.9. The molecule has 0 saturated carbocycles. The fourth-order valence-corrected chi connectivity index (χ4v) is 2.23. The normalized spacial score (nSPS) is 12.9. The Morgan fingerprint density at radius 3 is 2.33 bits per heavy atom. The van der Waals surface area contributed by atoms with Gasteiger partial charge in [0.05, 0.1) is 0 Å². The number of hydrogen-bond acceptors (Lipinski definition) is 5. The zero-order valence-electron chi connectivity index (χ0n) is 12.1. The van der Waals surface area contributed by atoms with Crippen molar-refractivity contribution in [3.63, 3.8) is 0 Å². The number of nitrogens with one attached hydrogen (secondary N) is 2. The van der Waals surface area contributed by atoms with Crippen LogP contribution in [0.25, 0.3) is 0 Å². The molecule has 0 spiro atoms. The maximum Gasteiger partial charge on any atom is 0.321 e. The molecule has 0 saturated heterocycles. The van der Waals surface area contributed by atoms with Crippen LogP contribution in [0.2, 0.25) is 0 Å². The van der Waals surface area contributed by atoms with Crippen molar-refractivity contribution in [1.82, 2.24) is 10.6 Å². The molecular weight excluding hydrogens is 292 g/mol. The third-order valence-electron chi connectivity index (χ3n) is 2.51. The van der Waals surface area contributed by atoms with Crippen molar-refractivity contribution < 1.29 is 19.1 Å². The first-order valence-electron chi connectivity index (χ1n) is 6.38. The average Bonchev–Trinajstić information content (AvgIpc) is 2.47. The minimum absolute atomic E-state index is 0.456. The molecular formula is C14H18N2O4S. The number of benzene rings is 1. The van der Waals surface area contributed by atoms with E-state index in [1.54, 1.807) is 6.92 Å². The Hall–Kier alpha value is -2.02. The lowest BCUT2D eigenvalue weighted by Gasteiger charge is -2.16. The lowest BCUT2D eigenvalue weighted by molar-refractivity contribution is -0.153. The number of rotatable bonds is 5. The molecule has 2 N–H and O–H groups in total. The number of hydrogen-bond donors (Lipinski definition) is 2. The number of carbonyl (C=O) groups excluding carboxylic acids is 3. The maximum atomic E-state index is 11.9. The van der Waals surface area contributed by atoms with E-state index in [-0.39, 0.29) is 0 Å². The van der Waals surface area contributed by atoms with Crippen molar-refractivity contribution in [3.05, 3.63) is 30.3 Å². The highest BCUT2D eigenvalue weighted by Gasteiger charge is 2.23. The van der Waals surface area contributed by atoms with Crippen LogP contribution in [0.1, 0.15) is 13.8 Å². The Morgan fingerprint density at radius 2 is 1.76 bits per heavy atom. The minimum Gasteiger partial charge on any atom is -0.452 e. The molecule has 1 aromatic carbocycles. The van der Waals surface area contributed by atoms with Gasteiger partial charge >= 0.3 is 12.0 Å². The number of urea groups is 1. The summed E-state index contributed by atoms with van der Waals surface area (Å²) in [6.07, 6.45) is -1.03. The van der Waals surface area contributed by atoms with Gasteiger partial charge in [-0.25, -0.2) is 4.79 Å². The average molecular weight is 310 g/mol. The van der Waals surface area contributed by atoms with Gasteiger partial charge in [0.15, 0.2) is 6.10 Å². The molecule has 0 fully saturated rings. The Labute approximate surface area is 127 Å². The van der Waals surface area contributed by atoms with Crippen LogP contribution in [0.3, 0.4) is 0 Å². The van der Waals surface area contributed by atoms with Crippen molar-refractivity contribution in [1.29, 1.82) is 0 Å². The molecule has 1 aromatic rings. The van der Waals surface area contributed by atoms with Crippen LogP contribution < -0.4 is 10.6 Å². The SMILES string of the molecule is CNC(=O)NC(=O)[C@@H](C)OC(=O)[C@@H](C)Sc1ccccc1. The standard InChI is InChI=1S/C14H18N2O4S/c1-9(12(17)16-14(19)15-3)20-13(18)10(2)21-11-7-5-4-6-8-11/h4-10H,1-3H3,(H2,15,16,17,19)/t9-,10-/m1/s1. The number of imide groups is 1. The van der Waals surface area contributed by atoms with Gasteiger partial charge in [-0.15, -0.1) is 11.8 Å². The number of amides is 3. The van der Waals surface area contributed by atoms with Gasteiger partial charge in [0, 0.05) is 11.9 Å². The second-order valence-corrected chi connectivity index (χ2v) is 5.63. The van der Waals surface area contributed by atoms with E-state index in [4.69, 9.17) is 4.74 Å². The lowest BCUT2D eigenvalue weighted by atomic mass is 10.3. The molecule has 0 radical (unpaired) electrons. The summed E-state index contributed by atoms with van der Waals surface area (Å²) in [5, 5.41) is 3.84. The second-order valence-electron chi connectivity index (χ2n) is 4.22. The molecule has 2 atom stereocenters. The van der Waals surface area contributed by atoms with Gasteiger partial charge in [0.1, 0.15) is 5.25 Å². The van der Waals surface area contributed by atoms with Crippen LogP contribution in [-0.2, 0) is 14.3 Å². The molecule has 6 nitrogen and oxygen atoms in total. The van der Waals surface area contributed by atoms with Crippen LogP contribution in [0.4, 0.5) is 4.79 Å². The molecule has 0 bridgehead atoms. The summed E-state index contributed by atoms with van der Waals surface area (Å²) < 4.78 is 5.04. The van der Waals surface area contributed by atoms with Crippen LogP contribution in [-0.4, -0.2) is 36.3 Å². The molecule has 0 aliphatic heterocycles. The summed E-state index contributed by atoms with van der Waals surface area (Å²) in [7, 11) is 1.39. The lowest BCUT2D eigenvalue weighted by Crippen LogP contribution is -2.44. The molecule has 114 valence electrons. The van der Waals surface area contributed by atoms with Gasteiger partial charge in [-0.2, -0.15) is 0 Å². The molecule has 3 amide bonds. The topological polar surface area (TPSA) is 84.5 Å². The smallest absolute Gasteiger partial charge is 0.321 e. The Kier molecular flexibility index (Phi) is 6.74. The summed E-state index contributed by atoms with van der Waals surface area (Å²) in [6, 6.07) is 8.76. The Morgan fingerprint density at radius 1 is 1.14 bits per heavy atom. The summed E-state index contributed by atoms with van der Waals surface area (Å²) in [6.45, 7) is 3.11. The summed E-state index contributed by atoms with van der Waals surface area (Å²) in [5.74, 6) is -1.18. The zero-order valence-corrected chi connectivity index (χ0v) is 12.9. The molecule has 0 aliphatic rings. The minimum atomic E-state index is -1.03. The summed E-state index contributed by atoms with van der Waals surface area (Å²) in [5.41, 5.74) is 0. The van der Waals surface area contributed by atoms with Gasteiger partial charge in [0.2, 0.25) is 0 Å². The Balaban J connectivity index is 2.48. The van der Waals surface area contributed by atoms with E-state index in [0.29, 0.717) is 0 Å². The van der Waals surface area contributed by atoms with Crippen molar-refractivity contribution in [2.45, 2.75) is 30.1 Å². The molecule has 0 aliphatic carbocycles. The van der Waals surface area contributed by atoms with E-state index in [1.165, 1.54) is 25.7 Å². The van der Waals surface area contributed by atoms with E-state index in [9.17, 15) is 14.4 Å². The van der Waals surface area contributed by atoms with Gasteiger partial charge in [-0.05, 0) is 26.0 Å². The first-order valence-corrected chi connectivity index (χ1v) is 7.26. The number of esters is 1. The van der Waals surface area contributed by atoms with Gasteiger partial charge in [-0.1, -0.05) is 18.2 Å². The first-order chi connectivity index (χ1) is 9.93. The van der Waals surface area contributed by atoms with E-state index in [1.807, 2.05) is 30.3 Å². The predicted molar refractivity (Wildman–Crippen MR) is 79.9 cm³/mol. The highest BCUT2D eigenvalue weighted by molar-refractivity contribution is 8.00. The molecule has 0 aromatic heterocycles. The third kappa shape index (κ3) is 5.86. The summed E-state index contributed by atoms with van der Waals surface area (Å²) >= 11 is 1.34. The van der Waals surface area contributed by atoms with Crippen molar-refractivity contribution >= 4 is 29.7 Å². The monoisotopic (exact) mass is 310 g/mol. The zero-order chi connectivity index (χ0) is 15.8. The summed E-state index contributed by atoms with van der Waals surface area (Å²) in [4.78, 5) is 35.4. The number of carbonyl (C=O) groups is 3. The van der Waals surface area contributed by atoms with Crippen LogP contribution in [0.15, 0.2) is 35.2 Å². The van der Waals surface area contributed by atoms with Crippen molar-refractivity contribution in [2.75, 3.05) is 7.05 Å². The van der Waals surface area contributed by atoms with Crippen LogP contribution in [0.5, 0.6) is 0 Å². The molecule has 21 heavy (non-hydrogen) atoms. The largest absolute Gasteiger partial charge is 0.452 e. The first kappa shape index (κ1) is 17.0. The Bertz CT molecular complexity index is 507. The molecule has 7 heteroatoms. The van der Waals surface area contributed by atoms with E-state index in [2.05, 4.69) is 10.6 Å². The van der Waals surface area contributed by atoms with Gasteiger partial charge in [0.25, 0.3) is 5.91 Å². The van der Waals surface area contributed by atoms with Gasteiger partial charge in [-0.3, -0.25) is 14.9 Å². The quantitative estimate of drug-likeness (QED) is 0.637. The number of ether oxygens (including phenoxy) is 1. The van der Waals surface area contributed by atoms with E-state index < -0.39 is 29.3 Å². The van der Waals surface area contributed by atoms with Crippen LogP contribution in [0, 0.1) is 0 Å². The second kappa shape index (κ2) is 8.31. The van der Waals surface area contributed by atoms with Crippen molar-refractivity contribution in [2.24, 2.45) is 0 Å². The molecule has 0 heterocycles. The van der Waals surface area contributed by atoms with Crippen molar-refractivity contribution in [3.8, 4) is 0 Å². The molecule has 1 rings (SSSR count). The predicted octanol–water partition coefficient (Wildman–Crippen LogP) is 1.55. The van der Waals surface area contributed by atoms with E-state index in [0.717, 1.165) is 4.90 Å². The van der Waals surface area contributed by atoms with Crippen LogP contribution >= 0.6 is 11.8 Å². The number of thioether (sulfide) groups is 1. The third-order valence-corrected chi connectivity index (χ3v) is 3.60. The fourth-order valence-electron chi connectivity index (χ4n) is 1.35. The molecule has 0 unspecified atom stereocenters. The van der Waals surface area contributed by atoms with Gasteiger partial charge < -0.3 is 10.1 Å². The van der Waals surface area contributed by atoms with E-state index >= 15 is 0 Å².